The lowest BCUT2D eigenvalue weighted by Gasteiger charge is -2.32. The molecule has 0 rings (SSSR count). The van der Waals surface area contributed by atoms with Gasteiger partial charge in [0.2, 0.25) is 5.91 Å². The second kappa shape index (κ2) is 19.0. The van der Waals surface area contributed by atoms with Crippen LogP contribution in [-0.4, -0.2) is 18.6 Å². The predicted octanol–water partition coefficient (Wildman–Crippen LogP) is 5.01. The van der Waals surface area contributed by atoms with Gasteiger partial charge in [-0.1, -0.05) is 84.3 Å². The quantitative estimate of drug-likeness (QED) is 0.161. The zero-order valence-electron chi connectivity index (χ0n) is 19.4. The molecule has 0 radical (unpaired) electrons. The zero-order chi connectivity index (χ0) is 22.7. The van der Waals surface area contributed by atoms with Crippen LogP contribution in [0.1, 0.15) is 111 Å². The summed E-state index contributed by atoms with van der Waals surface area (Å²) in [6.45, 7) is 5.63. The van der Waals surface area contributed by atoms with Gasteiger partial charge in [-0.05, 0) is 38.0 Å². The fraction of sp³-hybridized carbons (Fsp3) is 0.870. The largest absolute Gasteiger partial charge is 0.790 e. The number of nitrogens with one attached hydrogen (secondary N) is 1. The fourth-order valence-electron chi connectivity index (χ4n) is 3.21. The SMILES string of the molecule is CCCCCCCC/C=C\CCCCCCCC(=O)N[C@H](COP(=O)([O-])[O-])C(C)C. The van der Waals surface area contributed by atoms with Crippen LogP contribution >= 0.6 is 7.82 Å². The first-order valence-electron chi connectivity index (χ1n) is 11.9. The molecule has 0 saturated carbocycles. The molecule has 0 aromatic carbocycles. The van der Waals surface area contributed by atoms with Crippen molar-refractivity contribution in [2.45, 2.75) is 117 Å². The fourth-order valence-corrected chi connectivity index (χ4v) is 3.55. The Hall–Kier alpha value is -0.680. The molecule has 0 fully saturated rings. The first kappa shape index (κ1) is 29.3. The number of carbonyl (C=O) groups excluding carboxylic acids is 1. The molecule has 30 heavy (non-hydrogen) atoms. The minimum absolute atomic E-state index is 0.0189. The van der Waals surface area contributed by atoms with Crippen molar-refractivity contribution in [3.8, 4) is 0 Å². The van der Waals surface area contributed by atoms with Crippen molar-refractivity contribution >= 4 is 13.7 Å². The van der Waals surface area contributed by atoms with Crippen molar-refractivity contribution in [2.24, 2.45) is 5.92 Å². The first-order valence-corrected chi connectivity index (χ1v) is 13.3. The van der Waals surface area contributed by atoms with Gasteiger partial charge in [-0.25, -0.2) is 0 Å². The van der Waals surface area contributed by atoms with Gasteiger partial charge >= 0.3 is 0 Å². The second-order valence-electron chi connectivity index (χ2n) is 8.50. The van der Waals surface area contributed by atoms with E-state index in [9.17, 15) is 19.1 Å². The Balaban J connectivity index is 3.61. The summed E-state index contributed by atoms with van der Waals surface area (Å²) in [5.74, 6) is -0.142. The van der Waals surface area contributed by atoms with Crippen LogP contribution < -0.4 is 15.1 Å². The number of phosphoric ester groups is 1. The van der Waals surface area contributed by atoms with E-state index < -0.39 is 13.9 Å². The summed E-state index contributed by atoms with van der Waals surface area (Å²) in [7, 11) is -5.01. The molecule has 1 N–H and O–H groups in total. The summed E-state index contributed by atoms with van der Waals surface area (Å²) in [4.78, 5) is 33.2. The molecule has 0 aromatic heterocycles. The molecular formula is C23H44NO5P-2. The maximum absolute atomic E-state index is 12.0. The second-order valence-corrected chi connectivity index (χ2v) is 9.65. The molecule has 0 spiro atoms. The van der Waals surface area contributed by atoms with Crippen molar-refractivity contribution in [2.75, 3.05) is 6.61 Å². The van der Waals surface area contributed by atoms with Crippen LogP contribution in [-0.2, 0) is 13.9 Å². The smallest absolute Gasteiger partial charge is 0.220 e. The van der Waals surface area contributed by atoms with Gasteiger partial charge in [-0.15, -0.1) is 0 Å². The van der Waals surface area contributed by atoms with E-state index in [2.05, 4.69) is 28.9 Å². The van der Waals surface area contributed by atoms with E-state index in [1.165, 1.54) is 57.8 Å². The Morgan fingerprint density at radius 2 is 1.40 bits per heavy atom. The minimum Gasteiger partial charge on any atom is -0.790 e. The number of hydrogen-bond donors (Lipinski definition) is 1. The van der Waals surface area contributed by atoms with Crippen molar-refractivity contribution < 1.29 is 23.7 Å². The number of amides is 1. The molecule has 1 atom stereocenters. The van der Waals surface area contributed by atoms with Gasteiger partial charge in [-0.2, -0.15) is 0 Å². The van der Waals surface area contributed by atoms with Gasteiger partial charge in [-0.3, -0.25) is 4.79 Å². The summed E-state index contributed by atoms with van der Waals surface area (Å²) >= 11 is 0. The van der Waals surface area contributed by atoms with Crippen LogP contribution in [0.2, 0.25) is 0 Å². The number of unbranched alkanes of at least 4 members (excludes halogenated alkanes) is 11. The van der Waals surface area contributed by atoms with Gasteiger partial charge in [0.1, 0.15) is 0 Å². The Bertz CT molecular complexity index is 490. The molecule has 0 aliphatic rings. The number of hydrogen-bond acceptors (Lipinski definition) is 5. The lowest BCUT2D eigenvalue weighted by Crippen LogP contribution is -2.42. The molecule has 1 amide bonds. The predicted molar refractivity (Wildman–Crippen MR) is 120 cm³/mol. The average molecular weight is 446 g/mol. The van der Waals surface area contributed by atoms with E-state index in [-0.39, 0.29) is 18.4 Å². The van der Waals surface area contributed by atoms with E-state index in [1.807, 2.05) is 13.8 Å². The van der Waals surface area contributed by atoms with E-state index in [1.54, 1.807) is 0 Å². The highest BCUT2D eigenvalue weighted by molar-refractivity contribution is 7.43. The Kier molecular flexibility index (Phi) is 18.6. The molecule has 0 aliphatic heterocycles. The van der Waals surface area contributed by atoms with Crippen LogP contribution in [0, 0.1) is 5.92 Å². The topological polar surface area (TPSA) is 102 Å². The molecule has 178 valence electrons. The van der Waals surface area contributed by atoms with Gasteiger partial charge in [0.25, 0.3) is 0 Å². The molecule has 0 heterocycles. The summed E-state index contributed by atoms with van der Waals surface area (Å²) in [6, 6.07) is -0.475. The highest BCUT2D eigenvalue weighted by atomic mass is 31.2. The maximum Gasteiger partial charge on any atom is 0.220 e. The van der Waals surface area contributed by atoms with E-state index in [0.717, 1.165) is 25.7 Å². The monoisotopic (exact) mass is 445 g/mol. The third kappa shape index (κ3) is 20.6. The third-order valence-electron chi connectivity index (χ3n) is 5.23. The van der Waals surface area contributed by atoms with Crippen LogP contribution in [0.3, 0.4) is 0 Å². The number of allylic oxidation sites excluding steroid dienone is 2. The average Bonchev–Trinajstić information content (AvgIpc) is 2.67. The molecule has 0 aromatic rings. The number of phosphoric acid groups is 1. The molecule has 6 nitrogen and oxygen atoms in total. The molecule has 0 unspecified atom stereocenters. The summed E-state index contributed by atoms with van der Waals surface area (Å²) < 4.78 is 14.9. The third-order valence-corrected chi connectivity index (χ3v) is 5.69. The number of carbonyl (C=O) groups is 1. The first-order chi connectivity index (χ1) is 14.3. The lowest BCUT2D eigenvalue weighted by atomic mass is 10.0. The van der Waals surface area contributed by atoms with Crippen molar-refractivity contribution in [1.82, 2.24) is 5.32 Å². The van der Waals surface area contributed by atoms with Crippen LogP contribution in [0.4, 0.5) is 0 Å². The highest BCUT2D eigenvalue weighted by Gasteiger charge is 2.16. The van der Waals surface area contributed by atoms with Gasteiger partial charge in [0.05, 0.1) is 20.5 Å². The number of rotatable bonds is 20. The molecule has 7 heteroatoms. The van der Waals surface area contributed by atoms with Crippen LogP contribution in [0.5, 0.6) is 0 Å². The van der Waals surface area contributed by atoms with Crippen LogP contribution in [0.15, 0.2) is 12.2 Å². The normalized spacial score (nSPS) is 13.3. The van der Waals surface area contributed by atoms with Crippen LogP contribution in [0.25, 0.3) is 0 Å². The van der Waals surface area contributed by atoms with Crippen molar-refractivity contribution in [3.63, 3.8) is 0 Å². The molecular weight excluding hydrogens is 401 g/mol. The zero-order valence-corrected chi connectivity index (χ0v) is 20.3. The summed E-state index contributed by atoms with van der Waals surface area (Å²) in [6.07, 6.45) is 20.7. The highest BCUT2D eigenvalue weighted by Crippen LogP contribution is 2.25. The van der Waals surface area contributed by atoms with Crippen molar-refractivity contribution in [3.05, 3.63) is 12.2 Å². The van der Waals surface area contributed by atoms with Gasteiger partial charge < -0.3 is 24.2 Å². The van der Waals surface area contributed by atoms with Gasteiger partial charge in [0.15, 0.2) is 0 Å². The summed E-state index contributed by atoms with van der Waals surface area (Å²) in [5, 5.41) is 2.77. The molecule has 0 saturated heterocycles. The van der Waals surface area contributed by atoms with E-state index in [0.29, 0.717) is 6.42 Å². The van der Waals surface area contributed by atoms with Gasteiger partial charge in [0, 0.05) is 6.42 Å². The molecule has 0 bridgehead atoms. The Morgan fingerprint density at radius 3 is 1.90 bits per heavy atom. The van der Waals surface area contributed by atoms with E-state index >= 15 is 0 Å². The Labute approximate surface area is 184 Å². The Morgan fingerprint density at radius 1 is 0.900 bits per heavy atom. The standard InChI is InChI=1S/C23H46NO5P/c1-4-5-6-7-8-9-10-11-12-13-14-15-16-17-18-19-23(25)24-22(21(2)3)20-29-30(26,27)28/h11-12,21-22H,4-10,13-20H2,1-3H3,(H,24,25)(H2,26,27,28)/p-2/b12-11-/t22-/m1/s1. The lowest BCUT2D eigenvalue weighted by molar-refractivity contribution is -0.342. The van der Waals surface area contributed by atoms with Crippen molar-refractivity contribution in [1.29, 1.82) is 0 Å². The molecule has 0 aliphatic carbocycles. The summed E-state index contributed by atoms with van der Waals surface area (Å²) in [5.41, 5.74) is 0. The van der Waals surface area contributed by atoms with E-state index in [4.69, 9.17) is 0 Å². The minimum atomic E-state index is -5.01. The maximum atomic E-state index is 12.0.